The van der Waals surface area contributed by atoms with Gasteiger partial charge in [0.15, 0.2) is 0 Å². The number of rotatable bonds is 0. The molecule has 13 heavy (non-hydrogen) atoms. The average molecular weight is 601 g/mol. The summed E-state index contributed by atoms with van der Waals surface area (Å²) in [6.45, 7) is 0. The molecule has 0 bridgehead atoms. The predicted octanol–water partition coefficient (Wildman–Crippen LogP) is -1.34. The van der Waals surface area contributed by atoms with Gasteiger partial charge in [0.05, 0.1) is 0 Å². The Balaban J connectivity index is 0. The van der Waals surface area contributed by atoms with Crippen molar-refractivity contribution in [2.45, 2.75) is 0 Å². The molecular formula is BiCoMoNiO8V-5. The normalized spacial score (nSPS) is 0. The van der Waals surface area contributed by atoms with Crippen LogP contribution in [0, 0.1) is 0 Å². The molecule has 4 radical (unpaired) electrons. The zero-order valence-corrected chi connectivity index (χ0v) is 14.1. The van der Waals surface area contributed by atoms with Crippen molar-refractivity contribution in [3.8, 4) is 0 Å². The summed E-state index contributed by atoms with van der Waals surface area (Å²) in [5, 5.41) is 0. The first-order chi connectivity index (χ1) is 0. The maximum absolute atomic E-state index is 0. The van der Waals surface area contributed by atoms with Crippen molar-refractivity contribution in [1.82, 2.24) is 0 Å². The monoisotopic (exact) mass is 603 g/mol. The van der Waals surface area contributed by atoms with Gasteiger partial charge in [-0.05, 0) is 0 Å². The second kappa shape index (κ2) is 353. The number of hydrogen-bond acceptors (Lipinski definition) is 0. The molecule has 0 aromatic rings. The van der Waals surface area contributed by atoms with Gasteiger partial charge in [-0.1, -0.05) is 0 Å². The summed E-state index contributed by atoms with van der Waals surface area (Å²) in [5.74, 6) is 0. The molecule has 88 valence electrons. The Kier molecular flexibility index (Phi) is 11800. The van der Waals surface area contributed by atoms with Gasteiger partial charge in [-0.3, -0.25) is 0 Å². The van der Waals surface area contributed by atoms with Crippen LogP contribution in [0.2, 0.25) is 0 Å². The zero-order chi connectivity index (χ0) is 0. The second-order valence-corrected chi connectivity index (χ2v) is 0. The first kappa shape index (κ1) is 433. The van der Waals surface area contributed by atoms with Crippen LogP contribution in [0.15, 0.2) is 0 Å². The van der Waals surface area contributed by atoms with Crippen LogP contribution in [0.3, 0.4) is 0 Å². The summed E-state index contributed by atoms with van der Waals surface area (Å²) in [5.41, 5.74) is 0. The van der Waals surface area contributed by atoms with Gasteiger partial charge >= 0.3 is 80.5 Å². The van der Waals surface area contributed by atoms with E-state index in [4.69, 9.17) is 0 Å². The van der Waals surface area contributed by atoms with Gasteiger partial charge in [0.2, 0.25) is 0 Å². The van der Waals surface area contributed by atoms with Crippen molar-refractivity contribution in [3.63, 3.8) is 0 Å². The molecule has 0 N–H and O–H groups in total. The van der Waals surface area contributed by atoms with Gasteiger partial charge in [0.1, 0.15) is 0 Å². The van der Waals surface area contributed by atoms with E-state index in [0.29, 0.717) is 0 Å². The number of hydrogen-bond donors (Lipinski definition) is 0. The molecule has 0 rings (SSSR count). The Labute approximate surface area is 141 Å². The summed E-state index contributed by atoms with van der Waals surface area (Å²) in [6, 6.07) is 0. The Bertz CT molecular complexity index is 24.1. The largest absolute Gasteiger partial charge is 4.00 e. The van der Waals surface area contributed by atoms with Crippen LogP contribution in [0.4, 0.5) is 0 Å². The van der Waals surface area contributed by atoms with Crippen molar-refractivity contribution in [2.24, 2.45) is 0 Å². The van der Waals surface area contributed by atoms with Gasteiger partial charge in [-0.2, -0.15) is 0 Å². The minimum absolute atomic E-state index is 0. The van der Waals surface area contributed by atoms with Crippen LogP contribution < -0.4 is 0 Å². The molecule has 8 nitrogen and oxygen atoms in total. The van der Waals surface area contributed by atoms with Gasteiger partial charge in [-0.25, -0.2) is 0 Å². The summed E-state index contributed by atoms with van der Waals surface area (Å²) < 4.78 is 0. The molecule has 0 heterocycles. The third kappa shape index (κ3) is 304. The average Bonchev–Trinajstić information content (AvgIpc) is 0. The van der Waals surface area contributed by atoms with Crippen LogP contribution in [0.25, 0.3) is 0 Å². The van der Waals surface area contributed by atoms with Crippen molar-refractivity contribution in [1.29, 1.82) is 0 Å². The quantitative estimate of drug-likeness (QED) is 0.294. The van der Waals surface area contributed by atoms with Crippen LogP contribution in [-0.2, 0) is 117 Å². The van der Waals surface area contributed by atoms with E-state index < -0.39 is 0 Å². The van der Waals surface area contributed by atoms with Crippen LogP contribution >= 0.6 is 0 Å². The minimum Gasteiger partial charge on any atom is -2.00 e. The smallest absolute Gasteiger partial charge is 2.00 e. The molecule has 0 aliphatic heterocycles. The molecule has 0 aliphatic carbocycles. The maximum atomic E-state index is 0. The molecule has 0 aliphatic rings. The van der Waals surface area contributed by atoms with Crippen molar-refractivity contribution in [3.05, 3.63) is 0 Å². The standard InChI is InChI=1S/Bi.Co.Mo.Ni.8O.V/q+3;+2;+4;+2;8*-2;. The Hall–Kier alpha value is 2.84. The summed E-state index contributed by atoms with van der Waals surface area (Å²) in [4.78, 5) is 0. The predicted molar refractivity (Wildman–Crippen MR) is 11.2 cm³/mol. The Morgan fingerprint density at radius 1 is 0.462 bits per heavy atom. The second-order valence-electron chi connectivity index (χ2n) is 0. The Morgan fingerprint density at radius 3 is 0.462 bits per heavy atom. The first-order valence-corrected chi connectivity index (χ1v) is 0. The van der Waals surface area contributed by atoms with E-state index in [1.54, 1.807) is 0 Å². The third-order valence-electron chi connectivity index (χ3n) is 0. The van der Waals surface area contributed by atoms with Gasteiger partial charge < -0.3 is 43.8 Å². The molecule has 0 atom stereocenters. The minimum atomic E-state index is 0. The van der Waals surface area contributed by atoms with Crippen molar-refractivity contribution >= 4 is 26.2 Å². The van der Waals surface area contributed by atoms with Crippen molar-refractivity contribution in [2.75, 3.05) is 0 Å². The fraction of sp³-hybridized carbons (Fsp3) is 0. The fourth-order valence-corrected chi connectivity index (χ4v) is 0. The first-order valence-electron chi connectivity index (χ1n) is 0. The van der Waals surface area contributed by atoms with E-state index >= 15 is 0 Å². The van der Waals surface area contributed by atoms with E-state index in [0.717, 1.165) is 0 Å². The molecule has 0 aromatic carbocycles. The SMILES string of the molecule is [Bi+3].[Co+2].[Mo+4].[Ni+2].[O-2].[O-2].[O-2].[O-2].[O-2].[O-2].[O-2].[O-2].[V]. The van der Waals surface area contributed by atoms with E-state index in [1.165, 1.54) is 0 Å². The van der Waals surface area contributed by atoms with E-state index in [1.807, 2.05) is 0 Å². The molecule has 0 spiro atoms. The zero-order valence-electron chi connectivity index (χ0n) is 5.22. The molecule has 0 unspecified atom stereocenters. The van der Waals surface area contributed by atoms with E-state index in [-0.39, 0.29) is 143 Å². The molecule has 0 saturated heterocycles. The molecule has 13 heteroatoms. The third-order valence-corrected chi connectivity index (χ3v) is 0. The van der Waals surface area contributed by atoms with Gasteiger partial charge in [0, 0.05) is 18.6 Å². The van der Waals surface area contributed by atoms with E-state index in [9.17, 15) is 0 Å². The van der Waals surface area contributed by atoms with Gasteiger partial charge in [0.25, 0.3) is 0 Å². The van der Waals surface area contributed by atoms with Crippen LogP contribution in [-0.4, -0.2) is 26.2 Å². The summed E-state index contributed by atoms with van der Waals surface area (Å²) in [6.07, 6.45) is 0. The molecule has 0 saturated carbocycles. The molecule has 0 amide bonds. The summed E-state index contributed by atoms with van der Waals surface area (Å²) in [7, 11) is 0. The van der Waals surface area contributed by atoms with Gasteiger partial charge in [-0.15, -0.1) is 0 Å². The van der Waals surface area contributed by atoms with Crippen LogP contribution in [0.5, 0.6) is 0 Å². The topological polar surface area (TPSA) is 228 Å². The summed E-state index contributed by atoms with van der Waals surface area (Å²) >= 11 is 0. The Morgan fingerprint density at radius 2 is 0.462 bits per heavy atom. The van der Waals surface area contributed by atoms with E-state index in [2.05, 4.69) is 0 Å². The maximum Gasteiger partial charge on any atom is 4.00 e. The fourth-order valence-electron chi connectivity index (χ4n) is 0. The molecule has 0 fully saturated rings. The van der Waals surface area contributed by atoms with Crippen molar-refractivity contribution < 1.29 is 117 Å². The molecule has 0 aromatic heterocycles. The molecular weight excluding hydrogens is 601 g/mol. The van der Waals surface area contributed by atoms with Crippen LogP contribution in [0.1, 0.15) is 0 Å².